The Balaban J connectivity index is 1.54. The van der Waals surface area contributed by atoms with Crippen LogP contribution in [0.25, 0.3) is 11.3 Å². The number of rotatable bonds is 8. The van der Waals surface area contributed by atoms with Gasteiger partial charge in [0, 0.05) is 44.6 Å². The van der Waals surface area contributed by atoms with Crippen LogP contribution in [-0.4, -0.2) is 69.0 Å². The highest BCUT2D eigenvalue weighted by molar-refractivity contribution is 5.85. The normalized spacial score (nSPS) is 10.6. The lowest BCUT2D eigenvalue weighted by Gasteiger charge is -2.23. The monoisotopic (exact) mass is 394 g/mol. The molecular weight excluding hydrogens is 372 g/mol. The second-order valence-electron chi connectivity index (χ2n) is 6.61. The number of carboxylic acids is 1. The van der Waals surface area contributed by atoms with E-state index in [9.17, 15) is 9.59 Å². The van der Waals surface area contributed by atoms with E-state index in [4.69, 9.17) is 5.11 Å². The summed E-state index contributed by atoms with van der Waals surface area (Å²) in [6.45, 7) is 1.35. The molecule has 0 atom stereocenters. The molecule has 29 heavy (non-hydrogen) atoms. The zero-order valence-electron chi connectivity index (χ0n) is 16.3. The minimum atomic E-state index is -1.09. The van der Waals surface area contributed by atoms with Crippen molar-refractivity contribution in [3.8, 4) is 11.3 Å². The van der Waals surface area contributed by atoms with Crippen LogP contribution in [0.2, 0.25) is 0 Å². The van der Waals surface area contributed by atoms with Crippen molar-refractivity contribution in [1.82, 2.24) is 24.9 Å². The second kappa shape index (κ2) is 8.96. The van der Waals surface area contributed by atoms with Crippen LogP contribution in [0.3, 0.4) is 0 Å². The zero-order chi connectivity index (χ0) is 20.8. The predicted octanol–water partition coefficient (Wildman–Crippen LogP) is 1.63. The molecule has 1 amide bonds. The van der Waals surface area contributed by atoms with E-state index in [1.54, 1.807) is 24.2 Å². The van der Waals surface area contributed by atoms with Crippen molar-refractivity contribution in [3.05, 3.63) is 60.6 Å². The molecule has 150 valence electrons. The Bertz CT molecular complexity index is 971. The summed E-state index contributed by atoms with van der Waals surface area (Å²) in [5.41, 5.74) is 2.20. The van der Waals surface area contributed by atoms with Crippen molar-refractivity contribution in [1.29, 1.82) is 0 Å². The van der Waals surface area contributed by atoms with Crippen molar-refractivity contribution < 1.29 is 14.7 Å². The van der Waals surface area contributed by atoms with Crippen molar-refractivity contribution >= 4 is 17.6 Å². The highest BCUT2D eigenvalue weighted by Crippen LogP contribution is 2.15. The molecule has 0 aliphatic rings. The number of aromatic nitrogens is 4. The Morgan fingerprint density at radius 1 is 1.07 bits per heavy atom. The Labute approximate surface area is 168 Å². The maximum atomic E-state index is 12.5. The number of pyridine rings is 1. The van der Waals surface area contributed by atoms with Crippen LogP contribution in [-0.2, 0) is 11.3 Å². The van der Waals surface area contributed by atoms with Gasteiger partial charge in [-0.1, -0.05) is 23.4 Å². The average molecular weight is 394 g/mol. The van der Waals surface area contributed by atoms with Gasteiger partial charge in [0.25, 0.3) is 0 Å². The molecule has 1 N–H and O–H groups in total. The first-order valence-electron chi connectivity index (χ1n) is 9.04. The molecule has 0 fully saturated rings. The molecule has 2 heterocycles. The topological polar surface area (TPSA) is 104 Å². The second-order valence-corrected chi connectivity index (χ2v) is 6.61. The number of carbonyl (C=O) groups is 2. The Kier molecular flexibility index (Phi) is 6.18. The zero-order valence-corrected chi connectivity index (χ0v) is 16.3. The standard InChI is InChI=1S/C20H22N6O3/c1-24(16-6-4-3-5-7-16)10-11-25(2)19(27)14-26-13-18(22-23-26)15-8-9-17(20(28)29)21-12-15/h3-9,12-13H,10-11,14H2,1-2H3,(H,28,29). The number of benzene rings is 1. The van der Waals surface area contributed by atoms with E-state index in [1.807, 2.05) is 37.4 Å². The number of amides is 1. The molecule has 1 aromatic carbocycles. The summed E-state index contributed by atoms with van der Waals surface area (Å²) < 4.78 is 1.46. The highest BCUT2D eigenvalue weighted by atomic mass is 16.4. The van der Waals surface area contributed by atoms with E-state index in [0.29, 0.717) is 24.3 Å². The molecule has 3 aromatic rings. The summed E-state index contributed by atoms with van der Waals surface area (Å²) in [4.78, 5) is 30.9. The van der Waals surface area contributed by atoms with Gasteiger partial charge in [0.1, 0.15) is 17.9 Å². The quantitative estimate of drug-likeness (QED) is 0.619. The fourth-order valence-electron chi connectivity index (χ4n) is 2.68. The number of nitrogens with zero attached hydrogens (tertiary/aromatic N) is 6. The van der Waals surface area contributed by atoms with Gasteiger partial charge in [0.15, 0.2) is 0 Å². The predicted molar refractivity (Wildman–Crippen MR) is 108 cm³/mol. The largest absolute Gasteiger partial charge is 0.477 e. The van der Waals surface area contributed by atoms with Crippen molar-refractivity contribution in [2.45, 2.75) is 6.54 Å². The molecule has 0 bridgehead atoms. The molecule has 9 nitrogen and oxygen atoms in total. The van der Waals surface area contributed by atoms with Crippen LogP contribution >= 0.6 is 0 Å². The summed E-state index contributed by atoms with van der Waals surface area (Å²) in [6.07, 6.45) is 3.06. The minimum Gasteiger partial charge on any atom is -0.477 e. The third-order valence-corrected chi connectivity index (χ3v) is 4.51. The Hall–Kier alpha value is -3.75. The number of carboxylic acid groups (broad SMARTS) is 1. The molecule has 0 unspecified atom stereocenters. The van der Waals surface area contributed by atoms with Crippen LogP contribution in [0.1, 0.15) is 10.5 Å². The van der Waals surface area contributed by atoms with Gasteiger partial charge in [-0.15, -0.1) is 5.10 Å². The summed E-state index contributed by atoms with van der Waals surface area (Å²) in [6, 6.07) is 13.0. The number of anilines is 1. The molecular formula is C20H22N6O3. The molecule has 0 aliphatic heterocycles. The van der Waals surface area contributed by atoms with Gasteiger partial charge in [-0.3, -0.25) is 4.79 Å². The van der Waals surface area contributed by atoms with E-state index < -0.39 is 5.97 Å². The number of para-hydroxylation sites is 1. The van der Waals surface area contributed by atoms with Crippen LogP contribution in [0.15, 0.2) is 54.9 Å². The summed E-state index contributed by atoms with van der Waals surface area (Å²) in [5.74, 6) is -1.17. The number of hydrogen-bond acceptors (Lipinski definition) is 6. The maximum Gasteiger partial charge on any atom is 0.354 e. The molecule has 0 saturated heterocycles. The van der Waals surface area contributed by atoms with Crippen molar-refractivity contribution in [2.24, 2.45) is 0 Å². The summed E-state index contributed by atoms with van der Waals surface area (Å²) in [5, 5.41) is 16.9. The molecule has 3 rings (SSSR count). The van der Waals surface area contributed by atoms with Crippen LogP contribution < -0.4 is 4.90 Å². The fraction of sp³-hybridized carbons (Fsp3) is 0.250. The lowest BCUT2D eigenvalue weighted by atomic mass is 10.2. The Morgan fingerprint density at radius 2 is 1.83 bits per heavy atom. The maximum absolute atomic E-state index is 12.5. The van der Waals surface area contributed by atoms with Gasteiger partial charge >= 0.3 is 5.97 Å². The first kappa shape index (κ1) is 20.0. The molecule has 0 radical (unpaired) electrons. The third kappa shape index (κ3) is 5.16. The first-order valence-corrected chi connectivity index (χ1v) is 9.04. The number of hydrogen-bond donors (Lipinski definition) is 1. The summed E-state index contributed by atoms with van der Waals surface area (Å²) in [7, 11) is 3.74. The minimum absolute atomic E-state index is 0.0431. The molecule has 0 saturated carbocycles. The van der Waals surface area contributed by atoms with E-state index in [0.717, 1.165) is 5.69 Å². The first-order chi connectivity index (χ1) is 13.9. The number of carbonyl (C=O) groups excluding carboxylic acids is 1. The van der Waals surface area contributed by atoms with Gasteiger partial charge in [0.05, 0.1) is 6.20 Å². The van der Waals surface area contributed by atoms with E-state index in [2.05, 4.69) is 20.2 Å². The van der Waals surface area contributed by atoms with Gasteiger partial charge < -0.3 is 14.9 Å². The molecule has 2 aromatic heterocycles. The third-order valence-electron chi connectivity index (χ3n) is 4.51. The van der Waals surface area contributed by atoms with Gasteiger partial charge in [-0.05, 0) is 24.3 Å². The Morgan fingerprint density at radius 3 is 2.48 bits per heavy atom. The SMILES string of the molecule is CN(CCN(C)c1ccccc1)C(=O)Cn1cc(-c2ccc(C(=O)O)nc2)nn1. The van der Waals surface area contributed by atoms with Crippen molar-refractivity contribution in [3.63, 3.8) is 0 Å². The van der Waals surface area contributed by atoms with Crippen molar-refractivity contribution in [2.75, 3.05) is 32.1 Å². The number of likely N-dealkylation sites (N-methyl/N-ethyl adjacent to an activating group) is 2. The summed E-state index contributed by atoms with van der Waals surface area (Å²) >= 11 is 0. The van der Waals surface area contributed by atoms with E-state index in [1.165, 1.54) is 16.9 Å². The lowest BCUT2D eigenvalue weighted by Crippen LogP contribution is -2.36. The molecule has 0 aliphatic carbocycles. The van der Waals surface area contributed by atoms with Crippen LogP contribution in [0.5, 0.6) is 0 Å². The average Bonchev–Trinajstić information content (AvgIpc) is 3.20. The van der Waals surface area contributed by atoms with E-state index in [-0.39, 0.29) is 18.1 Å². The van der Waals surface area contributed by atoms with Gasteiger partial charge in [-0.25, -0.2) is 14.5 Å². The molecule has 9 heteroatoms. The lowest BCUT2D eigenvalue weighted by molar-refractivity contribution is -0.130. The fourth-order valence-corrected chi connectivity index (χ4v) is 2.68. The van der Waals surface area contributed by atoms with Gasteiger partial charge in [0.2, 0.25) is 5.91 Å². The molecule has 0 spiro atoms. The highest BCUT2D eigenvalue weighted by Gasteiger charge is 2.13. The van der Waals surface area contributed by atoms with Gasteiger partial charge in [-0.2, -0.15) is 0 Å². The van der Waals surface area contributed by atoms with Crippen LogP contribution in [0.4, 0.5) is 5.69 Å². The smallest absolute Gasteiger partial charge is 0.354 e. The van der Waals surface area contributed by atoms with E-state index >= 15 is 0 Å². The van der Waals surface area contributed by atoms with Crippen LogP contribution in [0, 0.1) is 0 Å². The number of aromatic carboxylic acids is 1.